The summed E-state index contributed by atoms with van der Waals surface area (Å²) in [4.78, 5) is 8.30. The molecule has 0 fully saturated rings. The van der Waals surface area contributed by atoms with Crippen LogP contribution in [0.2, 0.25) is 5.02 Å². The van der Waals surface area contributed by atoms with E-state index in [-0.39, 0.29) is 0 Å². The number of benzene rings is 2. The average Bonchev–Trinajstić information content (AvgIpc) is 3.25. The number of halogens is 1. The maximum atomic E-state index is 6.16. The van der Waals surface area contributed by atoms with Gasteiger partial charge in [-0.2, -0.15) is 11.3 Å². The smallest absolute Gasteiger partial charge is 0.139 e. The van der Waals surface area contributed by atoms with Crippen molar-refractivity contribution in [1.29, 1.82) is 0 Å². The van der Waals surface area contributed by atoms with E-state index < -0.39 is 0 Å². The number of aromatic nitrogens is 2. The summed E-state index contributed by atoms with van der Waals surface area (Å²) in [6.07, 6.45) is 0. The highest BCUT2D eigenvalue weighted by Crippen LogP contribution is 2.34. The van der Waals surface area contributed by atoms with E-state index in [0.29, 0.717) is 5.02 Å². The van der Waals surface area contributed by atoms with Gasteiger partial charge in [0.05, 0.1) is 11.4 Å². The van der Waals surface area contributed by atoms with Gasteiger partial charge in [0.15, 0.2) is 0 Å². The quantitative estimate of drug-likeness (QED) is 0.479. The highest BCUT2D eigenvalue weighted by molar-refractivity contribution is 7.08. The monoisotopic (exact) mass is 336 g/mol. The van der Waals surface area contributed by atoms with Gasteiger partial charge in [0, 0.05) is 27.1 Å². The molecule has 112 valence electrons. The van der Waals surface area contributed by atoms with E-state index in [1.807, 2.05) is 42.5 Å². The molecule has 0 aliphatic carbocycles. The van der Waals surface area contributed by atoms with Gasteiger partial charge in [-0.3, -0.25) is 0 Å². The molecule has 0 unspecified atom stereocenters. The summed E-state index contributed by atoms with van der Waals surface area (Å²) in [5.41, 5.74) is 5.14. The third-order valence-electron chi connectivity index (χ3n) is 3.66. The van der Waals surface area contributed by atoms with Gasteiger partial charge < -0.3 is 4.98 Å². The summed E-state index contributed by atoms with van der Waals surface area (Å²) in [6.45, 7) is 0. The molecule has 0 bridgehead atoms. The van der Waals surface area contributed by atoms with E-state index in [1.54, 1.807) is 11.3 Å². The summed E-state index contributed by atoms with van der Waals surface area (Å²) in [6, 6.07) is 20.1. The predicted molar refractivity (Wildman–Crippen MR) is 97.8 cm³/mol. The van der Waals surface area contributed by atoms with E-state index >= 15 is 0 Å². The second-order valence-electron chi connectivity index (χ2n) is 5.20. The molecule has 0 saturated carbocycles. The van der Waals surface area contributed by atoms with Crippen LogP contribution in [0.15, 0.2) is 71.4 Å². The van der Waals surface area contributed by atoms with Gasteiger partial charge in [0.2, 0.25) is 0 Å². The first kappa shape index (κ1) is 14.2. The molecule has 2 aromatic heterocycles. The molecule has 0 amide bonds. The van der Waals surface area contributed by atoms with Crippen molar-refractivity contribution in [1.82, 2.24) is 9.97 Å². The molecular formula is C19H13ClN2S. The average molecular weight is 337 g/mol. The Kier molecular flexibility index (Phi) is 3.74. The SMILES string of the molecule is Clc1cccc(-c2nc(-c3ccsc3)[nH]c2-c2ccccc2)c1. The van der Waals surface area contributed by atoms with Crippen molar-refractivity contribution in [2.24, 2.45) is 0 Å². The molecule has 0 atom stereocenters. The lowest BCUT2D eigenvalue weighted by Gasteiger charge is -2.03. The van der Waals surface area contributed by atoms with Crippen molar-refractivity contribution in [2.75, 3.05) is 0 Å². The number of hydrogen-bond acceptors (Lipinski definition) is 2. The largest absolute Gasteiger partial charge is 0.337 e. The van der Waals surface area contributed by atoms with Gasteiger partial charge in [-0.25, -0.2) is 4.98 Å². The third-order valence-corrected chi connectivity index (χ3v) is 4.58. The number of imidazole rings is 1. The molecule has 0 saturated heterocycles. The van der Waals surface area contributed by atoms with E-state index in [1.165, 1.54) is 0 Å². The Hall–Kier alpha value is -2.36. The second-order valence-corrected chi connectivity index (χ2v) is 6.41. The summed E-state index contributed by atoms with van der Waals surface area (Å²) in [5, 5.41) is 4.86. The molecule has 2 heterocycles. The van der Waals surface area contributed by atoms with Gasteiger partial charge >= 0.3 is 0 Å². The van der Waals surface area contributed by atoms with Crippen LogP contribution in [0.25, 0.3) is 33.9 Å². The lowest BCUT2D eigenvalue weighted by Crippen LogP contribution is -1.83. The van der Waals surface area contributed by atoms with E-state index in [2.05, 4.69) is 33.9 Å². The molecule has 0 aliphatic heterocycles. The maximum Gasteiger partial charge on any atom is 0.139 e. The van der Waals surface area contributed by atoms with Crippen LogP contribution in [-0.4, -0.2) is 9.97 Å². The van der Waals surface area contributed by atoms with Crippen molar-refractivity contribution in [3.8, 4) is 33.9 Å². The number of thiophene rings is 1. The van der Waals surface area contributed by atoms with Crippen LogP contribution in [0, 0.1) is 0 Å². The maximum absolute atomic E-state index is 6.16. The number of nitrogens with zero attached hydrogens (tertiary/aromatic N) is 1. The molecule has 4 aromatic rings. The molecule has 0 radical (unpaired) electrons. The van der Waals surface area contributed by atoms with Crippen molar-refractivity contribution in [2.45, 2.75) is 0 Å². The number of hydrogen-bond donors (Lipinski definition) is 1. The third kappa shape index (κ3) is 2.81. The van der Waals surface area contributed by atoms with Crippen LogP contribution >= 0.6 is 22.9 Å². The van der Waals surface area contributed by atoms with Crippen LogP contribution in [0.4, 0.5) is 0 Å². The Balaban J connectivity index is 1.93. The topological polar surface area (TPSA) is 28.7 Å². The molecule has 2 nitrogen and oxygen atoms in total. The van der Waals surface area contributed by atoms with Crippen LogP contribution < -0.4 is 0 Å². The summed E-state index contributed by atoms with van der Waals surface area (Å²) < 4.78 is 0. The lowest BCUT2D eigenvalue weighted by molar-refractivity contribution is 1.32. The molecule has 1 N–H and O–H groups in total. The van der Waals surface area contributed by atoms with Gasteiger partial charge in [-0.1, -0.05) is 54.1 Å². The molecule has 2 aromatic carbocycles. The first-order valence-electron chi connectivity index (χ1n) is 7.25. The number of rotatable bonds is 3. The Labute approximate surface area is 143 Å². The zero-order chi connectivity index (χ0) is 15.6. The van der Waals surface area contributed by atoms with Crippen LogP contribution in [0.1, 0.15) is 0 Å². The summed E-state index contributed by atoms with van der Waals surface area (Å²) in [7, 11) is 0. The molecular weight excluding hydrogens is 324 g/mol. The van der Waals surface area contributed by atoms with Gasteiger partial charge in [-0.15, -0.1) is 0 Å². The van der Waals surface area contributed by atoms with Crippen molar-refractivity contribution < 1.29 is 0 Å². The van der Waals surface area contributed by atoms with Crippen LogP contribution in [0.3, 0.4) is 0 Å². The number of aromatic amines is 1. The fourth-order valence-corrected chi connectivity index (χ4v) is 3.40. The highest BCUT2D eigenvalue weighted by Gasteiger charge is 2.15. The second kappa shape index (κ2) is 6.03. The van der Waals surface area contributed by atoms with Gasteiger partial charge in [0.25, 0.3) is 0 Å². The molecule has 4 rings (SSSR count). The number of nitrogens with one attached hydrogen (secondary N) is 1. The first-order valence-corrected chi connectivity index (χ1v) is 8.57. The Morgan fingerprint density at radius 3 is 2.43 bits per heavy atom. The first-order chi connectivity index (χ1) is 11.3. The normalized spacial score (nSPS) is 10.8. The van der Waals surface area contributed by atoms with E-state index in [9.17, 15) is 0 Å². The van der Waals surface area contributed by atoms with E-state index in [0.717, 1.165) is 33.9 Å². The Morgan fingerprint density at radius 1 is 0.870 bits per heavy atom. The van der Waals surface area contributed by atoms with Crippen molar-refractivity contribution in [3.63, 3.8) is 0 Å². The fraction of sp³-hybridized carbons (Fsp3) is 0. The standard InChI is InChI=1S/C19H13ClN2S/c20-16-8-4-7-14(11-16)18-17(13-5-2-1-3-6-13)21-19(22-18)15-9-10-23-12-15/h1-12H,(H,21,22). The zero-order valence-electron chi connectivity index (χ0n) is 12.2. The predicted octanol–water partition coefficient (Wildman–Crippen LogP) is 6.13. The zero-order valence-corrected chi connectivity index (χ0v) is 13.7. The van der Waals surface area contributed by atoms with Crippen LogP contribution in [-0.2, 0) is 0 Å². The molecule has 0 aliphatic rings. The van der Waals surface area contributed by atoms with E-state index in [4.69, 9.17) is 16.6 Å². The minimum absolute atomic E-state index is 0.710. The fourth-order valence-electron chi connectivity index (χ4n) is 2.57. The van der Waals surface area contributed by atoms with Gasteiger partial charge in [-0.05, 0) is 23.6 Å². The molecule has 0 spiro atoms. The Bertz CT molecular complexity index is 927. The minimum atomic E-state index is 0.710. The van der Waals surface area contributed by atoms with Gasteiger partial charge in [0.1, 0.15) is 5.82 Å². The molecule has 23 heavy (non-hydrogen) atoms. The van der Waals surface area contributed by atoms with Crippen molar-refractivity contribution >= 4 is 22.9 Å². The highest BCUT2D eigenvalue weighted by atomic mass is 35.5. The summed E-state index contributed by atoms with van der Waals surface area (Å²) in [5.74, 6) is 0.875. The lowest BCUT2D eigenvalue weighted by atomic mass is 10.1. The number of H-pyrrole nitrogens is 1. The van der Waals surface area contributed by atoms with Crippen molar-refractivity contribution in [3.05, 3.63) is 76.4 Å². The molecule has 4 heteroatoms. The Morgan fingerprint density at radius 2 is 1.70 bits per heavy atom. The van der Waals surface area contributed by atoms with Crippen LogP contribution in [0.5, 0.6) is 0 Å². The summed E-state index contributed by atoms with van der Waals surface area (Å²) >= 11 is 7.83. The minimum Gasteiger partial charge on any atom is -0.337 e.